The van der Waals surface area contributed by atoms with E-state index in [4.69, 9.17) is 4.74 Å². The van der Waals surface area contributed by atoms with Crippen molar-refractivity contribution in [1.82, 2.24) is 25.1 Å². The van der Waals surface area contributed by atoms with E-state index in [-0.39, 0.29) is 18.0 Å². The molecule has 1 aliphatic rings. The van der Waals surface area contributed by atoms with Gasteiger partial charge >= 0.3 is 6.09 Å². The summed E-state index contributed by atoms with van der Waals surface area (Å²) < 4.78 is 5.03. The molecule has 1 aromatic rings. The SMILES string of the molecule is CCOC(=O)N1CCC(Nc2nccc(C(=O)NCCCN(C)C)n2)CC1. The second kappa shape index (κ2) is 10.7. The van der Waals surface area contributed by atoms with Crippen LogP contribution < -0.4 is 10.6 Å². The monoisotopic (exact) mass is 378 g/mol. The first kappa shape index (κ1) is 20.9. The standard InChI is InChI=1S/C18H30N6O3/c1-4-27-18(26)24-12-7-14(8-13-24)21-17-20-10-6-15(22-17)16(25)19-9-5-11-23(2)3/h6,10,14H,4-5,7-9,11-13H2,1-3H3,(H,19,25)(H,20,21,22). The highest BCUT2D eigenvalue weighted by atomic mass is 16.6. The summed E-state index contributed by atoms with van der Waals surface area (Å²) in [4.78, 5) is 36.3. The molecular weight excluding hydrogens is 348 g/mol. The molecule has 0 aliphatic carbocycles. The molecule has 0 saturated carbocycles. The number of likely N-dealkylation sites (tertiary alicyclic amines) is 1. The summed E-state index contributed by atoms with van der Waals surface area (Å²) >= 11 is 0. The zero-order chi connectivity index (χ0) is 19.6. The van der Waals surface area contributed by atoms with Gasteiger partial charge in [0.05, 0.1) is 6.61 Å². The van der Waals surface area contributed by atoms with Gasteiger partial charge in [-0.1, -0.05) is 0 Å². The van der Waals surface area contributed by atoms with Crippen LogP contribution in [0, 0.1) is 0 Å². The van der Waals surface area contributed by atoms with Crippen molar-refractivity contribution in [3.05, 3.63) is 18.0 Å². The molecule has 1 fully saturated rings. The number of nitrogens with zero attached hydrogens (tertiary/aromatic N) is 4. The third-order valence-electron chi connectivity index (χ3n) is 4.31. The minimum absolute atomic E-state index is 0.161. The molecule has 1 saturated heterocycles. The van der Waals surface area contributed by atoms with Crippen LogP contribution in [0.25, 0.3) is 0 Å². The Kier molecular flexibility index (Phi) is 8.25. The van der Waals surface area contributed by atoms with Crippen molar-refractivity contribution in [2.75, 3.05) is 52.2 Å². The Morgan fingerprint density at radius 3 is 2.74 bits per heavy atom. The van der Waals surface area contributed by atoms with Gasteiger partial charge in [0.2, 0.25) is 5.95 Å². The summed E-state index contributed by atoms with van der Waals surface area (Å²) in [6, 6.07) is 1.77. The number of piperidine rings is 1. The van der Waals surface area contributed by atoms with Gasteiger partial charge in [-0.15, -0.1) is 0 Å². The molecule has 0 bridgehead atoms. The number of carbonyl (C=O) groups excluding carboxylic acids is 2. The molecule has 0 radical (unpaired) electrons. The molecule has 150 valence electrons. The lowest BCUT2D eigenvalue weighted by molar-refractivity contribution is 0.0944. The summed E-state index contributed by atoms with van der Waals surface area (Å²) in [6.07, 6.45) is 3.76. The van der Waals surface area contributed by atoms with Gasteiger partial charge in [0.25, 0.3) is 5.91 Å². The highest BCUT2D eigenvalue weighted by Crippen LogP contribution is 2.15. The number of aromatic nitrogens is 2. The number of carbonyl (C=O) groups is 2. The zero-order valence-electron chi connectivity index (χ0n) is 16.4. The molecule has 1 aromatic heterocycles. The molecule has 2 amide bonds. The molecule has 1 aliphatic heterocycles. The predicted molar refractivity (Wildman–Crippen MR) is 103 cm³/mol. The molecule has 0 spiro atoms. The second-order valence-corrected chi connectivity index (χ2v) is 6.78. The Bertz CT molecular complexity index is 617. The maximum Gasteiger partial charge on any atom is 0.409 e. The van der Waals surface area contributed by atoms with E-state index in [1.807, 2.05) is 14.1 Å². The number of hydrogen-bond acceptors (Lipinski definition) is 7. The number of anilines is 1. The molecule has 9 heteroatoms. The average molecular weight is 378 g/mol. The highest BCUT2D eigenvalue weighted by Gasteiger charge is 2.24. The molecule has 2 rings (SSSR count). The van der Waals surface area contributed by atoms with Gasteiger partial charge in [0.1, 0.15) is 5.69 Å². The zero-order valence-corrected chi connectivity index (χ0v) is 16.4. The summed E-state index contributed by atoms with van der Waals surface area (Å²) in [5.74, 6) is 0.238. The van der Waals surface area contributed by atoms with Gasteiger partial charge in [-0.25, -0.2) is 14.8 Å². The van der Waals surface area contributed by atoms with E-state index in [1.54, 1.807) is 24.1 Å². The van der Waals surface area contributed by atoms with E-state index >= 15 is 0 Å². The van der Waals surface area contributed by atoms with Crippen molar-refractivity contribution in [1.29, 1.82) is 0 Å². The number of ether oxygens (including phenoxy) is 1. The fourth-order valence-electron chi connectivity index (χ4n) is 2.85. The quantitative estimate of drug-likeness (QED) is 0.656. The predicted octanol–water partition coefficient (Wildman–Crippen LogP) is 1.19. The van der Waals surface area contributed by atoms with Gasteiger partial charge in [-0.05, 0) is 52.9 Å². The smallest absolute Gasteiger partial charge is 0.409 e. The maximum atomic E-state index is 12.2. The van der Waals surface area contributed by atoms with Crippen molar-refractivity contribution in [3.8, 4) is 0 Å². The van der Waals surface area contributed by atoms with Crippen LogP contribution in [0.15, 0.2) is 12.3 Å². The van der Waals surface area contributed by atoms with Gasteiger partial charge in [0, 0.05) is 31.9 Å². The molecule has 0 atom stereocenters. The van der Waals surface area contributed by atoms with Crippen molar-refractivity contribution in [2.45, 2.75) is 32.2 Å². The van der Waals surface area contributed by atoms with Gasteiger partial charge in [-0.3, -0.25) is 4.79 Å². The fourth-order valence-corrected chi connectivity index (χ4v) is 2.85. The minimum Gasteiger partial charge on any atom is -0.450 e. The van der Waals surface area contributed by atoms with E-state index in [0.29, 0.717) is 37.9 Å². The molecule has 2 N–H and O–H groups in total. The highest BCUT2D eigenvalue weighted by molar-refractivity contribution is 5.92. The Hall–Kier alpha value is -2.42. The first-order valence-corrected chi connectivity index (χ1v) is 9.43. The molecule has 2 heterocycles. The van der Waals surface area contributed by atoms with Crippen LogP contribution in [0.3, 0.4) is 0 Å². The third-order valence-corrected chi connectivity index (χ3v) is 4.31. The summed E-state index contributed by atoms with van der Waals surface area (Å²) in [6.45, 7) is 4.96. The van der Waals surface area contributed by atoms with Crippen molar-refractivity contribution in [3.63, 3.8) is 0 Å². The molecule has 0 unspecified atom stereocenters. The maximum absolute atomic E-state index is 12.2. The number of nitrogens with one attached hydrogen (secondary N) is 2. The first-order valence-electron chi connectivity index (χ1n) is 9.43. The first-order chi connectivity index (χ1) is 13.0. The molecule has 27 heavy (non-hydrogen) atoms. The number of hydrogen-bond donors (Lipinski definition) is 2. The van der Waals surface area contributed by atoms with Crippen LogP contribution >= 0.6 is 0 Å². The lowest BCUT2D eigenvalue weighted by atomic mass is 10.1. The minimum atomic E-state index is -0.264. The third kappa shape index (κ3) is 7.01. The van der Waals surface area contributed by atoms with Crippen LogP contribution in [-0.4, -0.2) is 84.7 Å². The van der Waals surface area contributed by atoms with Crippen LogP contribution in [0.4, 0.5) is 10.7 Å². The largest absolute Gasteiger partial charge is 0.450 e. The van der Waals surface area contributed by atoms with Crippen LogP contribution in [0.2, 0.25) is 0 Å². The van der Waals surface area contributed by atoms with Crippen molar-refractivity contribution >= 4 is 17.9 Å². The Morgan fingerprint density at radius 1 is 1.33 bits per heavy atom. The summed E-state index contributed by atoms with van der Waals surface area (Å²) in [7, 11) is 4.00. The van der Waals surface area contributed by atoms with E-state index in [9.17, 15) is 9.59 Å². The summed E-state index contributed by atoms with van der Waals surface area (Å²) in [5, 5.41) is 6.14. The Morgan fingerprint density at radius 2 is 2.07 bits per heavy atom. The second-order valence-electron chi connectivity index (χ2n) is 6.78. The van der Waals surface area contributed by atoms with E-state index in [0.717, 1.165) is 25.8 Å². The van der Waals surface area contributed by atoms with E-state index < -0.39 is 0 Å². The normalized spacial score (nSPS) is 14.9. The fraction of sp³-hybridized carbons (Fsp3) is 0.667. The van der Waals surface area contributed by atoms with Crippen LogP contribution in [-0.2, 0) is 4.74 Å². The Balaban J connectivity index is 1.80. The van der Waals surface area contributed by atoms with Gasteiger partial charge in [0.15, 0.2) is 0 Å². The Labute approximate surface area is 160 Å². The topological polar surface area (TPSA) is 99.7 Å². The van der Waals surface area contributed by atoms with Crippen molar-refractivity contribution in [2.24, 2.45) is 0 Å². The van der Waals surface area contributed by atoms with Gasteiger partial charge < -0.3 is 25.2 Å². The molecule has 9 nitrogen and oxygen atoms in total. The van der Waals surface area contributed by atoms with E-state index in [1.165, 1.54) is 0 Å². The lowest BCUT2D eigenvalue weighted by Crippen LogP contribution is -2.42. The number of amides is 2. The molecule has 0 aromatic carbocycles. The number of rotatable bonds is 8. The summed E-state index contributed by atoms with van der Waals surface area (Å²) in [5.41, 5.74) is 0.348. The average Bonchev–Trinajstić information content (AvgIpc) is 2.66. The van der Waals surface area contributed by atoms with Crippen LogP contribution in [0.1, 0.15) is 36.7 Å². The van der Waals surface area contributed by atoms with Crippen molar-refractivity contribution < 1.29 is 14.3 Å². The van der Waals surface area contributed by atoms with E-state index in [2.05, 4.69) is 25.5 Å². The van der Waals surface area contributed by atoms with Gasteiger partial charge in [-0.2, -0.15) is 0 Å². The van der Waals surface area contributed by atoms with Crippen LogP contribution in [0.5, 0.6) is 0 Å². The lowest BCUT2D eigenvalue weighted by Gasteiger charge is -2.31. The molecular formula is C18H30N6O3.